The van der Waals surface area contributed by atoms with Gasteiger partial charge in [0, 0.05) is 24.8 Å². The molecular formula is C24H24N8O. The number of nitrogens with zero attached hydrogens (tertiary/aromatic N) is 6. The fraction of sp³-hybridized carbons (Fsp3) is 0.208. The number of nitrogens with one attached hydrogen (secondary N) is 2. The van der Waals surface area contributed by atoms with Gasteiger partial charge in [0.05, 0.1) is 35.8 Å². The lowest BCUT2D eigenvalue weighted by molar-refractivity contribution is 0.102. The molecule has 0 radical (unpaired) electrons. The lowest BCUT2D eigenvalue weighted by Gasteiger charge is -2.16. The van der Waals surface area contributed by atoms with Crippen LogP contribution in [0.5, 0.6) is 0 Å². The van der Waals surface area contributed by atoms with E-state index in [0.29, 0.717) is 11.4 Å². The summed E-state index contributed by atoms with van der Waals surface area (Å²) in [7, 11) is 1.84. The molecule has 0 unspecified atom stereocenters. The number of aromatic nitrogens is 6. The van der Waals surface area contributed by atoms with Crippen LogP contribution in [0.15, 0.2) is 61.2 Å². The highest BCUT2D eigenvalue weighted by molar-refractivity contribution is 6.06. The Morgan fingerprint density at radius 1 is 1.09 bits per heavy atom. The molecule has 0 spiro atoms. The van der Waals surface area contributed by atoms with Crippen LogP contribution in [0.3, 0.4) is 0 Å². The predicted molar refractivity (Wildman–Crippen MR) is 128 cm³/mol. The Balaban J connectivity index is 1.33. The number of hydrogen-bond acceptors (Lipinski definition) is 6. The maximum absolute atomic E-state index is 12.9. The largest absolute Gasteiger partial charge is 0.362 e. The number of hydrogen-bond donors (Lipinski definition) is 2. The first kappa shape index (κ1) is 20.6. The van der Waals surface area contributed by atoms with E-state index in [4.69, 9.17) is 0 Å². The van der Waals surface area contributed by atoms with Crippen LogP contribution in [-0.4, -0.2) is 35.2 Å². The van der Waals surface area contributed by atoms with Gasteiger partial charge in [0.1, 0.15) is 11.3 Å². The van der Waals surface area contributed by atoms with Crippen molar-refractivity contribution in [2.75, 3.05) is 10.6 Å². The third kappa shape index (κ3) is 4.00. The molecule has 0 bridgehead atoms. The molecule has 0 aliphatic rings. The zero-order chi connectivity index (χ0) is 22.9. The van der Waals surface area contributed by atoms with Gasteiger partial charge in [-0.3, -0.25) is 4.79 Å². The Hall–Kier alpha value is -4.27. The zero-order valence-corrected chi connectivity index (χ0v) is 18.6. The van der Waals surface area contributed by atoms with Gasteiger partial charge >= 0.3 is 0 Å². The molecule has 0 fully saturated rings. The van der Waals surface area contributed by atoms with Crippen LogP contribution < -0.4 is 10.6 Å². The van der Waals surface area contributed by atoms with Crippen molar-refractivity contribution < 1.29 is 4.79 Å². The van der Waals surface area contributed by atoms with Crippen molar-refractivity contribution in [2.45, 2.75) is 26.4 Å². The first-order valence-corrected chi connectivity index (χ1v) is 10.8. The average molecular weight is 441 g/mol. The van der Waals surface area contributed by atoms with Gasteiger partial charge < -0.3 is 15.2 Å². The molecule has 0 saturated carbocycles. The minimum absolute atomic E-state index is 0.0444. The summed E-state index contributed by atoms with van der Waals surface area (Å²) in [6.07, 6.45) is 5.18. The van der Waals surface area contributed by atoms with Gasteiger partial charge in [-0.15, -0.1) is 0 Å². The molecular weight excluding hydrogens is 416 g/mol. The molecule has 1 atom stereocenters. The van der Waals surface area contributed by atoms with Gasteiger partial charge in [0.25, 0.3) is 5.91 Å². The number of anilines is 2. The van der Waals surface area contributed by atoms with E-state index in [1.807, 2.05) is 54.9 Å². The molecule has 0 aliphatic carbocycles. The Bertz CT molecular complexity index is 1470. The van der Waals surface area contributed by atoms with Crippen molar-refractivity contribution in [1.82, 2.24) is 29.3 Å². The number of fused-ring (bicyclic) bond motifs is 2. The van der Waals surface area contributed by atoms with E-state index < -0.39 is 0 Å². The van der Waals surface area contributed by atoms with Gasteiger partial charge in [0.15, 0.2) is 5.65 Å². The zero-order valence-electron chi connectivity index (χ0n) is 18.6. The smallest absolute Gasteiger partial charge is 0.255 e. The molecule has 33 heavy (non-hydrogen) atoms. The van der Waals surface area contributed by atoms with Gasteiger partial charge in [-0.25, -0.2) is 19.6 Å². The third-order valence-corrected chi connectivity index (χ3v) is 5.67. The highest BCUT2D eigenvalue weighted by Gasteiger charge is 2.12. The van der Waals surface area contributed by atoms with Gasteiger partial charge in [-0.1, -0.05) is 12.1 Å². The van der Waals surface area contributed by atoms with E-state index in [1.54, 1.807) is 29.5 Å². The quantitative estimate of drug-likeness (QED) is 0.411. The molecule has 3 heterocycles. The molecule has 9 nitrogen and oxygen atoms in total. The molecule has 9 heteroatoms. The molecule has 3 aromatic heterocycles. The Kier molecular flexibility index (Phi) is 5.21. The molecule has 5 rings (SSSR count). The second kappa shape index (κ2) is 8.34. The van der Waals surface area contributed by atoms with Crippen LogP contribution in [-0.2, 0) is 13.6 Å². The Morgan fingerprint density at radius 3 is 2.82 bits per heavy atom. The molecule has 0 aliphatic heterocycles. The first-order valence-electron chi connectivity index (χ1n) is 10.8. The Labute approximate surface area is 190 Å². The SMILES string of the molecule is CCn1cnc2ccc(C(=O)Nc3cccc([C@H](C)Nc4cnc5cnn(C)c5n4)c3)cc21. The fourth-order valence-electron chi connectivity index (χ4n) is 3.83. The Morgan fingerprint density at radius 2 is 1.97 bits per heavy atom. The van der Waals surface area contributed by atoms with Crippen molar-refractivity contribution in [3.8, 4) is 0 Å². The van der Waals surface area contributed by atoms with Crippen LogP contribution in [0.2, 0.25) is 0 Å². The van der Waals surface area contributed by atoms with E-state index in [-0.39, 0.29) is 11.9 Å². The molecule has 1 amide bonds. The lowest BCUT2D eigenvalue weighted by atomic mass is 10.1. The third-order valence-electron chi connectivity index (χ3n) is 5.67. The number of amides is 1. The van der Waals surface area contributed by atoms with Crippen LogP contribution in [0, 0.1) is 0 Å². The number of rotatable bonds is 6. The number of imidazole rings is 1. The number of carbonyl (C=O) groups is 1. The van der Waals surface area contributed by atoms with Crippen LogP contribution in [0.1, 0.15) is 35.8 Å². The monoisotopic (exact) mass is 440 g/mol. The highest BCUT2D eigenvalue weighted by atomic mass is 16.1. The second-order valence-electron chi connectivity index (χ2n) is 7.91. The van der Waals surface area contributed by atoms with Crippen LogP contribution in [0.4, 0.5) is 11.5 Å². The second-order valence-corrected chi connectivity index (χ2v) is 7.91. The number of carbonyl (C=O) groups excluding carboxylic acids is 1. The van der Waals surface area contributed by atoms with E-state index >= 15 is 0 Å². The number of aryl methyl sites for hydroxylation is 2. The molecule has 166 valence electrons. The predicted octanol–water partition coefficient (Wildman–Crippen LogP) is 4.16. The van der Waals surface area contributed by atoms with Crippen molar-refractivity contribution in [3.63, 3.8) is 0 Å². The van der Waals surface area contributed by atoms with Crippen molar-refractivity contribution >= 4 is 39.6 Å². The molecule has 5 aromatic rings. The van der Waals surface area contributed by atoms with Crippen molar-refractivity contribution in [2.24, 2.45) is 7.05 Å². The standard InChI is InChI=1S/C24H24N8O/c1-4-32-14-26-19-9-8-17(11-21(19)32)24(33)29-18-7-5-6-16(10-18)15(2)28-22-13-25-20-12-27-31(3)23(20)30-22/h5-15H,4H2,1-3H3,(H,28,30)(H,29,33)/t15-/m0/s1. The first-order chi connectivity index (χ1) is 16.0. The van der Waals surface area contributed by atoms with Crippen LogP contribution in [0.25, 0.3) is 22.2 Å². The van der Waals surface area contributed by atoms with Crippen molar-refractivity contribution in [1.29, 1.82) is 0 Å². The maximum atomic E-state index is 12.9. The lowest BCUT2D eigenvalue weighted by Crippen LogP contribution is -2.13. The van der Waals surface area contributed by atoms with Crippen molar-refractivity contribution in [3.05, 3.63) is 72.3 Å². The van der Waals surface area contributed by atoms with Gasteiger partial charge in [0.2, 0.25) is 0 Å². The van der Waals surface area contributed by atoms with E-state index in [2.05, 4.69) is 37.6 Å². The minimum Gasteiger partial charge on any atom is -0.362 e. The van der Waals surface area contributed by atoms with E-state index in [9.17, 15) is 4.79 Å². The summed E-state index contributed by atoms with van der Waals surface area (Å²) >= 11 is 0. The number of benzene rings is 2. The summed E-state index contributed by atoms with van der Waals surface area (Å²) in [4.78, 5) is 26.3. The minimum atomic E-state index is -0.161. The fourth-order valence-corrected chi connectivity index (χ4v) is 3.83. The summed E-state index contributed by atoms with van der Waals surface area (Å²) in [5, 5.41) is 10.6. The van der Waals surface area contributed by atoms with E-state index in [1.165, 1.54) is 0 Å². The summed E-state index contributed by atoms with van der Waals surface area (Å²) in [6.45, 7) is 4.89. The van der Waals surface area contributed by atoms with E-state index in [0.717, 1.165) is 40.0 Å². The summed E-state index contributed by atoms with van der Waals surface area (Å²) in [5.74, 6) is 0.500. The van der Waals surface area contributed by atoms with Gasteiger partial charge in [-0.2, -0.15) is 5.10 Å². The summed E-state index contributed by atoms with van der Waals surface area (Å²) in [6, 6.07) is 13.3. The summed E-state index contributed by atoms with van der Waals surface area (Å²) < 4.78 is 3.71. The summed E-state index contributed by atoms with van der Waals surface area (Å²) in [5.41, 5.74) is 5.62. The average Bonchev–Trinajstić information content (AvgIpc) is 3.41. The maximum Gasteiger partial charge on any atom is 0.255 e. The highest BCUT2D eigenvalue weighted by Crippen LogP contribution is 2.23. The van der Waals surface area contributed by atoms with Crippen LogP contribution >= 0.6 is 0 Å². The van der Waals surface area contributed by atoms with Gasteiger partial charge in [-0.05, 0) is 49.7 Å². The molecule has 0 saturated heterocycles. The molecule has 2 N–H and O–H groups in total. The molecule has 2 aromatic carbocycles. The topological polar surface area (TPSA) is 103 Å². The normalized spacial score (nSPS) is 12.2.